The van der Waals surface area contributed by atoms with E-state index in [-0.39, 0.29) is 21.5 Å². The summed E-state index contributed by atoms with van der Waals surface area (Å²) in [6.45, 7) is 5.99. The number of rotatable bonds is 2. The van der Waals surface area contributed by atoms with Gasteiger partial charge in [0.1, 0.15) is 6.04 Å². The molecule has 24 heavy (non-hydrogen) atoms. The molecule has 0 unspecified atom stereocenters. The van der Waals surface area contributed by atoms with Gasteiger partial charge in [0.2, 0.25) is 5.91 Å². The lowest BCUT2D eigenvalue weighted by molar-refractivity contribution is -0.121. The van der Waals surface area contributed by atoms with Gasteiger partial charge in [0.15, 0.2) is 5.82 Å². The molecule has 2 fully saturated rings. The van der Waals surface area contributed by atoms with Crippen LogP contribution < -0.4 is 5.32 Å². The molecule has 2 N–H and O–H groups in total. The summed E-state index contributed by atoms with van der Waals surface area (Å²) in [5.41, 5.74) is -0.715. The summed E-state index contributed by atoms with van der Waals surface area (Å²) in [4.78, 5) is 25.8. The molecule has 1 saturated carbocycles. The van der Waals surface area contributed by atoms with Gasteiger partial charge < -0.3 is 10.4 Å². The van der Waals surface area contributed by atoms with Crippen LogP contribution >= 0.6 is 15.9 Å². The van der Waals surface area contributed by atoms with E-state index in [4.69, 9.17) is 0 Å². The van der Waals surface area contributed by atoms with Crippen molar-refractivity contribution in [2.75, 3.05) is 5.32 Å². The number of nitrogens with one attached hydrogen (secondary N) is 1. The Kier molecular flexibility index (Phi) is 3.90. The summed E-state index contributed by atoms with van der Waals surface area (Å²) in [6, 6.07) is 3.81. The van der Waals surface area contributed by atoms with Crippen LogP contribution in [0.25, 0.3) is 0 Å². The molecule has 1 aliphatic heterocycles. The maximum atomic E-state index is 14.1. The molecule has 3 atom stereocenters. The molecule has 0 radical (unpaired) electrons. The van der Waals surface area contributed by atoms with Gasteiger partial charge >= 0.3 is 6.09 Å². The minimum atomic E-state index is -1.10. The van der Waals surface area contributed by atoms with Gasteiger partial charge in [0.05, 0.1) is 15.7 Å². The molecule has 1 aliphatic carbocycles. The molecule has 0 bridgehead atoms. The minimum Gasteiger partial charge on any atom is -0.465 e. The number of carbonyl (C=O) groups excluding carboxylic acids is 1. The zero-order chi connectivity index (χ0) is 17.9. The van der Waals surface area contributed by atoms with Crippen molar-refractivity contribution in [3.8, 4) is 0 Å². The highest BCUT2D eigenvalue weighted by atomic mass is 79.9. The highest BCUT2D eigenvalue weighted by molar-refractivity contribution is 9.10. The van der Waals surface area contributed by atoms with Crippen LogP contribution in [0.4, 0.5) is 14.9 Å². The van der Waals surface area contributed by atoms with Gasteiger partial charge in [-0.05, 0) is 52.2 Å². The first-order valence-corrected chi connectivity index (χ1v) is 8.66. The second-order valence-electron chi connectivity index (χ2n) is 7.57. The Bertz CT molecular complexity index is 718. The van der Waals surface area contributed by atoms with Gasteiger partial charge in [-0.25, -0.2) is 9.18 Å². The van der Waals surface area contributed by atoms with Crippen molar-refractivity contribution in [1.29, 1.82) is 0 Å². The summed E-state index contributed by atoms with van der Waals surface area (Å²) in [5, 5.41) is 12.2. The normalized spacial score (nSPS) is 28.5. The number of hydrogen-bond donors (Lipinski definition) is 2. The van der Waals surface area contributed by atoms with Crippen LogP contribution in [0.5, 0.6) is 0 Å². The first-order chi connectivity index (χ1) is 11.1. The molecule has 0 spiro atoms. The van der Waals surface area contributed by atoms with E-state index in [0.29, 0.717) is 6.42 Å². The zero-order valence-corrected chi connectivity index (χ0v) is 15.4. The smallest absolute Gasteiger partial charge is 0.408 e. The van der Waals surface area contributed by atoms with Crippen LogP contribution in [0.1, 0.15) is 33.6 Å². The topological polar surface area (TPSA) is 69.6 Å². The summed E-state index contributed by atoms with van der Waals surface area (Å²) in [7, 11) is 0. The number of benzene rings is 1. The lowest BCUT2D eigenvalue weighted by atomic mass is 9.82. The first-order valence-electron chi connectivity index (χ1n) is 7.86. The quantitative estimate of drug-likeness (QED) is 0.788. The van der Waals surface area contributed by atoms with E-state index in [1.165, 1.54) is 17.0 Å². The van der Waals surface area contributed by atoms with Gasteiger partial charge in [-0.3, -0.25) is 9.69 Å². The van der Waals surface area contributed by atoms with Gasteiger partial charge in [-0.1, -0.05) is 26.8 Å². The number of anilines is 1. The van der Waals surface area contributed by atoms with Crippen molar-refractivity contribution in [3.63, 3.8) is 0 Å². The number of hydrogen-bond acceptors (Lipinski definition) is 2. The summed E-state index contributed by atoms with van der Waals surface area (Å²) in [5.74, 6) is -0.872. The molecular weight excluding hydrogens is 379 g/mol. The Balaban J connectivity index is 1.86. The number of carbonyl (C=O) groups is 2. The molecule has 5 nitrogen and oxygen atoms in total. The summed E-state index contributed by atoms with van der Waals surface area (Å²) < 4.78 is 14.3. The summed E-state index contributed by atoms with van der Waals surface area (Å²) in [6.07, 6.45) is 0.155. The number of amides is 2. The average molecular weight is 399 g/mol. The largest absolute Gasteiger partial charge is 0.465 e. The number of nitrogens with zero attached hydrogens (tertiary/aromatic N) is 1. The monoisotopic (exact) mass is 398 g/mol. The third-order valence-electron chi connectivity index (χ3n) is 5.34. The number of fused-ring (bicyclic) bond motifs is 1. The van der Waals surface area contributed by atoms with Crippen LogP contribution in [0.15, 0.2) is 22.7 Å². The fourth-order valence-corrected chi connectivity index (χ4v) is 4.53. The fraction of sp³-hybridized carbons (Fsp3) is 0.529. The maximum absolute atomic E-state index is 14.1. The molecule has 130 valence electrons. The van der Waals surface area contributed by atoms with Crippen molar-refractivity contribution < 1.29 is 19.1 Å². The van der Waals surface area contributed by atoms with E-state index in [0.717, 1.165) is 6.42 Å². The highest BCUT2D eigenvalue weighted by Gasteiger charge is 2.72. The van der Waals surface area contributed by atoms with Gasteiger partial charge in [0.25, 0.3) is 0 Å². The molecule has 2 aliphatic rings. The molecule has 1 aromatic rings. The standard InChI is InChI=1S/C17H20BrFN2O3/c1-16(2,3)17-8-9(17)7-12(21(17)15(23)24)14(22)20-11-6-4-5-10(18)13(11)19/h4-6,9,12H,7-8H2,1-3H3,(H,20,22)(H,23,24)/t9-,12+,17-/m1/s1. The third-order valence-corrected chi connectivity index (χ3v) is 5.95. The Hall–Kier alpha value is -1.63. The second-order valence-corrected chi connectivity index (χ2v) is 8.42. The van der Waals surface area contributed by atoms with Crippen LogP contribution in [-0.4, -0.2) is 33.6 Å². The Labute approximate surface area is 148 Å². The first kappa shape index (κ1) is 17.2. The lowest BCUT2D eigenvalue weighted by Crippen LogP contribution is -2.54. The molecule has 0 aromatic heterocycles. The SMILES string of the molecule is CC(C)(C)[C@@]12C[C@H]1C[C@@H](C(=O)Nc1cccc(Br)c1F)N2C(=O)O. The highest BCUT2D eigenvalue weighted by Crippen LogP contribution is 2.66. The van der Waals surface area contributed by atoms with E-state index >= 15 is 0 Å². The fourth-order valence-electron chi connectivity index (χ4n) is 4.17. The molecule has 1 aromatic carbocycles. The van der Waals surface area contributed by atoms with Crippen LogP contribution in [0, 0.1) is 17.2 Å². The van der Waals surface area contributed by atoms with Crippen molar-refractivity contribution >= 4 is 33.6 Å². The Morgan fingerprint density at radius 3 is 2.67 bits per heavy atom. The summed E-state index contributed by atoms with van der Waals surface area (Å²) >= 11 is 3.07. The van der Waals surface area contributed by atoms with Gasteiger partial charge in [-0.2, -0.15) is 0 Å². The predicted molar refractivity (Wildman–Crippen MR) is 91.3 cm³/mol. The van der Waals surface area contributed by atoms with E-state index in [2.05, 4.69) is 21.2 Å². The maximum Gasteiger partial charge on any atom is 0.408 e. The van der Waals surface area contributed by atoms with Crippen molar-refractivity contribution in [1.82, 2.24) is 4.90 Å². The van der Waals surface area contributed by atoms with E-state index in [1.807, 2.05) is 20.8 Å². The predicted octanol–water partition coefficient (Wildman–Crippen LogP) is 4.08. The zero-order valence-electron chi connectivity index (χ0n) is 13.8. The number of carboxylic acid groups (broad SMARTS) is 1. The average Bonchev–Trinajstić information content (AvgIpc) is 3.09. The van der Waals surface area contributed by atoms with Crippen LogP contribution in [0.3, 0.4) is 0 Å². The molecule has 2 amide bonds. The number of likely N-dealkylation sites (tertiary alicyclic amines) is 1. The Morgan fingerprint density at radius 2 is 2.08 bits per heavy atom. The van der Waals surface area contributed by atoms with Crippen molar-refractivity contribution in [3.05, 3.63) is 28.5 Å². The van der Waals surface area contributed by atoms with Crippen LogP contribution in [-0.2, 0) is 4.79 Å². The van der Waals surface area contributed by atoms with E-state index < -0.39 is 29.4 Å². The third kappa shape index (κ3) is 2.41. The van der Waals surface area contributed by atoms with Crippen molar-refractivity contribution in [2.24, 2.45) is 11.3 Å². The molecule has 7 heteroatoms. The second kappa shape index (κ2) is 5.44. The molecule has 1 saturated heterocycles. The van der Waals surface area contributed by atoms with E-state index in [1.54, 1.807) is 6.07 Å². The number of piperidine rings is 1. The number of halogens is 2. The van der Waals surface area contributed by atoms with Crippen molar-refractivity contribution in [2.45, 2.75) is 45.2 Å². The van der Waals surface area contributed by atoms with Gasteiger partial charge in [-0.15, -0.1) is 0 Å². The van der Waals surface area contributed by atoms with Gasteiger partial charge in [0, 0.05) is 0 Å². The van der Waals surface area contributed by atoms with Crippen LogP contribution in [0.2, 0.25) is 0 Å². The van der Waals surface area contributed by atoms with E-state index in [9.17, 15) is 19.1 Å². The minimum absolute atomic E-state index is 0.0464. The molecular formula is C17H20BrFN2O3. The Morgan fingerprint density at radius 1 is 1.42 bits per heavy atom. The lowest BCUT2D eigenvalue weighted by Gasteiger charge is -2.39. The molecule has 1 heterocycles. The molecule has 3 rings (SSSR count).